The molecule has 1 aromatic heterocycles. The van der Waals surface area contributed by atoms with Crippen molar-refractivity contribution in [3.05, 3.63) is 53.2 Å². The summed E-state index contributed by atoms with van der Waals surface area (Å²) in [6.45, 7) is 2.07. The Kier molecular flexibility index (Phi) is 5.29. The molecule has 0 saturated carbocycles. The normalized spacial score (nSPS) is 13.8. The second-order valence-corrected chi connectivity index (χ2v) is 6.19. The van der Waals surface area contributed by atoms with E-state index in [2.05, 4.69) is 11.9 Å². The summed E-state index contributed by atoms with van der Waals surface area (Å²) in [5.74, 6) is 0.828. The van der Waals surface area contributed by atoms with Crippen molar-refractivity contribution in [3.8, 4) is 5.75 Å². The molecule has 2 unspecified atom stereocenters. The smallest absolute Gasteiger partial charge is 0.118 e. The molecule has 20 heavy (non-hydrogen) atoms. The highest BCUT2D eigenvalue weighted by Crippen LogP contribution is 2.33. The molecule has 3 nitrogen and oxygen atoms in total. The summed E-state index contributed by atoms with van der Waals surface area (Å²) in [6.07, 6.45) is 1.74. The molecule has 2 aromatic rings. The van der Waals surface area contributed by atoms with Crippen molar-refractivity contribution in [1.82, 2.24) is 4.98 Å². The van der Waals surface area contributed by atoms with Gasteiger partial charge in [-0.05, 0) is 29.8 Å². The van der Waals surface area contributed by atoms with Gasteiger partial charge in [0.1, 0.15) is 10.8 Å². The average molecular weight is 309 g/mol. The van der Waals surface area contributed by atoms with Crippen molar-refractivity contribution in [2.45, 2.75) is 23.2 Å². The van der Waals surface area contributed by atoms with Crippen molar-refractivity contribution in [3.63, 3.8) is 0 Å². The molecule has 1 aromatic carbocycles. The summed E-state index contributed by atoms with van der Waals surface area (Å²) in [5, 5.41) is 1.63. The standard InChI is InChI=1S/C15H17ClN2OS/c1-10(20-15-13(16)4-3-9-18-15)14(17)11-5-7-12(19-2)8-6-11/h3-10,14H,17H2,1-2H3. The SMILES string of the molecule is COc1ccc(C(N)C(C)Sc2ncccc2Cl)cc1. The summed E-state index contributed by atoms with van der Waals surface area (Å²) in [6, 6.07) is 11.4. The molecule has 0 saturated heterocycles. The number of thioether (sulfide) groups is 1. The Bertz CT molecular complexity index is 562. The Hall–Kier alpha value is -1.23. The predicted octanol–water partition coefficient (Wildman–Crippen LogP) is 3.92. The monoisotopic (exact) mass is 308 g/mol. The zero-order valence-corrected chi connectivity index (χ0v) is 13.0. The van der Waals surface area contributed by atoms with Crippen LogP contribution in [0.5, 0.6) is 5.75 Å². The molecule has 2 N–H and O–H groups in total. The van der Waals surface area contributed by atoms with Crippen LogP contribution in [0.25, 0.3) is 0 Å². The Balaban J connectivity index is 2.08. The molecule has 0 radical (unpaired) electrons. The first-order valence-corrected chi connectivity index (χ1v) is 7.54. The van der Waals surface area contributed by atoms with Crippen LogP contribution in [0, 0.1) is 0 Å². The van der Waals surface area contributed by atoms with Gasteiger partial charge in [0.05, 0.1) is 12.1 Å². The number of halogens is 1. The second-order valence-electron chi connectivity index (χ2n) is 4.41. The lowest BCUT2D eigenvalue weighted by atomic mass is 10.1. The lowest BCUT2D eigenvalue weighted by Crippen LogP contribution is -2.21. The fourth-order valence-corrected chi connectivity index (χ4v) is 3.02. The predicted molar refractivity (Wildman–Crippen MR) is 84.5 cm³/mol. The van der Waals surface area contributed by atoms with Gasteiger partial charge in [0.2, 0.25) is 0 Å². The molecule has 0 fully saturated rings. The van der Waals surface area contributed by atoms with Crippen LogP contribution in [0.2, 0.25) is 5.02 Å². The number of nitrogens with zero attached hydrogens (tertiary/aromatic N) is 1. The Labute approximate surface area is 128 Å². The number of methoxy groups -OCH3 is 1. The third-order valence-electron chi connectivity index (χ3n) is 3.03. The molecule has 1 heterocycles. The maximum Gasteiger partial charge on any atom is 0.118 e. The lowest BCUT2D eigenvalue weighted by molar-refractivity contribution is 0.414. The topological polar surface area (TPSA) is 48.1 Å². The van der Waals surface area contributed by atoms with Crippen LogP contribution in [0.15, 0.2) is 47.6 Å². The summed E-state index contributed by atoms with van der Waals surface area (Å²) in [4.78, 5) is 4.28. The summed E-state index contributed by atoms with van der Waals surface area (Å²) < 4.78 is 5.15. The minimum Gasteiger partial charge on any atom is -0.497 e. The Morgan fingerprint density at radius 1 is 1.25 bits per heavy atom. The van der Waals surface area contributed by atoms with Crippen molar-refractivity contribution >= 4 is 23.4 Å². The van der Waals surface area contributed by atoms with Crippen LogP contribution in [0.4, 0.5) is 0 Å². The van der Waals surface area contributed by atoms with Crippen LogP contribution in [0.1, 0.15) is 18.5 Å². The van der Waals surface area contributed by atoms with Crippen LogP contribution >= 0.6 is 23.4 Å². The van der Waals surface area contributed by atoms with E-state index < -0.39 is 0 Å². The van der Waals surface area contributed by atoms with Gasteiger partial charge in [0, 0.05) is 17.5 Å². The lowest BCUT2D eigenvalue weighted by Gasteiger charge is -2.20. The molecule has 5 heteroatoms. The molecule has 0 spiro atoms. The highest BCUT2D eigenvalue weighted by Gasteiger charge is 2.18. The number of rotatable bonds is 5. The zero-order valence-electron chi connectivity index (χ0n) is 11.4. The number of pyridine rings is 1. The van der Waals surface area contributed by atoms with E-state index in [9.17, 15) is 0 Å². The van der Waals surface area contributed by atoms with E-state index in [0.717, 1.165) is 16.3 Å². The van der Waals surface area contributed by atoms with Gasteiger partial charge in [-0.25, -0.2) is 4.98 Å². The molecular weight excluding hydrogens is 292 g/mol. The van der Waals surface area contributed by atoms with Gasteiger partial charge in [-0.2, -0.15) is 0 Å². The van der Waals surface area contributed by atoms with Gasteiger partial charge in [0.25, 0.3) is 0 Å². The van der Waals surface area contributed by atoms with Crippen LogP contribution in [-0.2, 0) is 0 Å². The molecule has 2 rings (SSSR count). The van der Waals surface area contributed by atoms with Gasteiger partial charge in [-0.15, -0.1) is 0 Å². The van der Waals surface area contributed by atoms with E-state index in [1.807, 2.05) is 36.4 Å². The largest absolute Gasteiger partial charge is 0.497 e. The van der Waals surface area contributed by atoms with Gasteiger partial charge in [0.15, 0.2) is 0 Å². The molecular formula is C15H17ClN2OS. The maximum atomic E-state index is 6.30. The number of nitrogens with two attached hydrogens (primary N) is 1. The molecule has 2 atom stereocenters. The van der Waals surface area contributed by atoms with E-state index in [0.29, 0.717) is 5.02 Å². The van der Waals surface area contributed by atoms with Crippen molar-refractivity contribution in [1.29, 1.82) is 0 Å². The second kappa shape index (κ2) is 6.97. The number of hydrogen-bond acceptors (Lipinski definition) is 4. The molecule has 0 aliphatic heterocycles. The van der Waals surface area contributed by atoms with E-state index in [4.69, 9.17) is 22.1 Å². The van der Waals surface area contributed by atoms with Crippen LogP contribution < -0.4 is 10.5 Å². The van der Waals surface area contributed by atoms with Crippen LogP contribution in [-0.4, -0.2) is 17.3 Å². The van der Waals surface area contributed by atoms with Gasteiger partial charge in [-0.1, -0.05) is 42.4 Å². The highest BCUT2D eigenvalue weighted by atomic mass is 35.5. The first-order valence-electron chi connectivity index (χ1n) is 6.28. The third kappa shape index (κ3) is 3.66. The summed E-state index contributed by atoms with van der Waals surface area (Å²) in [5.41, 5.74) is 7.36. The molecule has 0 bridgehead atoms. The minimum atomic E-state index is -0.0935. The van der Waals surface area contributed by atoms with E-state index >= 15 is 0 Å². The molecule has 0 amide bonds. The number of benzene rings is 1. The van der Waals surface area contributed by atoms with E-state index in [-0.39, 0.29) is 11.3 Å². The third-order valence-corrected chi connectivity index (χ3v) is 4.66. The number of ether oxygens (including phenoxy) is 1. The fourth-order valence-electron chi connectivity index (χ4n) is 1.80. The van der Waals surface area contributed by atoms with Crippen molar-refractivity contribution in [2.75, 3.05) is 7.11 Å². The van der Waals surface area contributed by atoms with Crippen molar-refractivity contribution in [2.24, 2.45) is 5.73 Å². The maximum absolute atomic E-state index is 6.30. The molecule has 0 aliphatic carbocycles. The first kappa shape index (κ1) is 15.2. The van der Waals surface area contributed by atoms with Gasteiger partial charge >= 0.3 is 0 Å². The summed E-state index contributed by atoms with van der Waals surface area (Å²) in [7, 11) is 1.65. The average Bonchev–Trinajstić information content (AvgIpc) is 2.49. The van der Waals surface area contributed by atoms with Gasteiger partial charge in [-0.3, -0.25) is 0 Å². The van der Waals surface area contributed by atoms with E-state index in [1.54, 1.807) is 25.1 Å². The van der Waals surface area contributed by atoms with E-state index in [1.165, 1.54) is 0 Å². The quantitative estimate of drug-likeness (QED) is 0.850. The summed E-state index contributed by atoms with van der Waals surface area (Å²) >= 11 is 7.70. The zero-order chi connectivity index (χ0) is 14.5. The van der Waals surface area contributed by atoms with Gasteiger partial charge < -0.3 is 10.5 Å². The number of aromatic nitrogens is 1. The Morgan fingerprint density at radius 3 is 2.55 bits per heavy atom. The molecule has 0 aliphatic rings. The fraction of sp³-hybridized carbons (Fsp3) is 0.267. The number of hydrogen-bond donors (Lipinski definition) is 1. The minimum absolute atomic E-state index is 0.0935. The first-order chi connectivity index (χ1) is 9.61. The van der Waals surface area contributed by atoms with Crippen LogP contribution in [0.3, 0.4) is 0 Å². The van der Waals surface area contributed by atoms with Crippen molar-refractivity contribution < 1.29 is 4.74 Å². The highest BCUT2D eigenvalue weighted by molar-refractivity contribution is 8.00. The Morgan fingerprint density at radius 2 is 1.95 bits per heavy atom. The molecule has 106 valence electrons.